The highest BCUT2D eigenvalue weighted by atomic mass is 16.5. The SMILES string of the molecule is CCCCn1ccc(OCC)c(/N=N/c2nnc[nH]2)c1=O. The topological polar surface area (TPSA) is 97.5 Å². The first-order chi connectivity index (χ1) is 10.3. The van der Waals surface area contributed by atoms with Gasteiger partial charge in [0.15, 0.2) is 11.4 Å². The van der Waals surface area contributed by atoms with Gasteiger partial charge in [0.2, 0.25) is 0 Å². The molecule has 0 unspecified atom stereocenters. The molecule has 0 radical (unpaired) electrons. The van der Waals surface area contributed by atoms with Crippen LogP contribution in [-0.2, 0) is 6.54 Å². The Balaban J connectivity index is 2.36. The van der Waals surface area contributed by atoms with Crippen molar-refractivity contribution in [1.29, 1.82) is 0 Å². The van der Waals surface area contributed by atoms with E-state index in [-0.39, 0.29) is 17.2 Å². The Hall–Kier alpha value is -2.51. The molecule has 0 saturated heterocycles. The number of rotatable bonds is 7. The number of unbranched alkanes of at least 4 members (excludes halogenated alkanes) is 1. The van der Waals surface area contributed by atoms with Crippen molar-refractivity contribution in [2.75, 3.05) is 6.61 Å². The zero-order chi connectivity index (χ0) is 15.1. The zero-order valence-electron chi connectivity index (χ0n) is 12.1. The predicted molar refractivity (Wildman–Crippen MR) is 77.3 cm³/mol. The minimum Gasteiger partial charge on any atom is -0.491 e. The summed E-state index contributed by atoms with van der Waals surface area (Å²) in [5.41, 5.74) is -0.0514. The van der Waals surface area contributed by atoms with Gasteiger partial charge in [-0.2, -0.15) is 0 Å². The number of aryl methyl sites for hydroxylation is 1. The van der Waals surface area contributed by atoms with Crippen LogP contribution in [0.15, 0.2) is 33.6 Å². The molecule has 0 aliphatic carbocycles. The third-order valence-corrected chi connectivity index (χ3v) is 2.80. The fourth-order valence-electron chi connectivity index (χ4n) is 1.76. The molecule has 1 N–H and O–H groups in total. The molecule has 2 rings (SSSR count). The first kappa shape index (κ1) is 14.9. The van der Waals surface area contributed by atoms with E-state index in [9.17, 15) is 4.79 Å². The van der Waals surface area contributed by atoms with Crippen molar-refractivity contribution in [2.45, 2.75) is 33.2 Å². The van der Waals surface area contributed by atoms with Crippen LogP contribution in [0.25, 0.3) is 0 Å². The third kappa shape index (κ3) is 3.74. The van der Waals surface area contributed by atoms with E-state index in [0.29, 0.717) is 18.9 Å². The normalized spacial score (nSPS) is 11.1. The van der Waals surface area contributed by atoms with Gasteiger partial charge in [-0.25, -0.2) is 0 Å². The lowest BCUT2D eigenvalue weighted by Crippen LogP contribution is -2.19. The van der Waals surface area contributed by atoms with E-state index in [1.165, 1.54) is 6.33 Å². The van der Waals surface area contributed by atoms with Crippen molar-refractivity contribution in [3.63, 3.8) is 0 Å². The van der Waals surface area contributed by atoms with Crippen molar-refractivity contribution < 1.29 is 4.74 Å². The Labute approximate surface area is 121 Å². The van der Waals surface area contributed by atoms with E-state index in [1.54, 1.807) is 16.8 Å². The van der Waals surface area contributed by atoms with Crippen LogP contribution in [0.5, 0.6) is 5.75 Å². The number of hydrogen-bond donors (Lipinski definition) is 1. The van der Waals surface area contributed by atoms with E-state index in [4.69, 9.17) is 4.74 Å². The lowest BCUT2D eigenvalue weighted by molar-refractivity contribution is 0.339. The molecule has 0 fully saturated rings. The Bertz CT molecular complexity index is 647. The second-order valence-electron chi connectivity index (χ2n) is 4.33. The molecule has 0 aliphatic heterocycles. The van der Waals surface area contributed by atoms with Crippen molar-refractivity contribution in [3.05, 3.63) is 28.9 Å². The maximum absolute atomic E-state index is 12.4. The highest BCUT2D eigenvalue weighted by Crippen LogP contribution is 2.24. The van der Waals surface area contributed by atoms with Gasteiger partial charge in [-0.15, -0.1) is 20.4 Å². The first-order valence-electron chi connectivity index (χ1n) is 6.90. The Morgan fingerprint density at radius 1 is 1.38 bits per heavy atom. The Morgan fingerprint density at radius 3 is 2.90 bits per heavy atom. The number of ether oxygens (including phenoxy) is 1. The van der Waals surface area contributed by atoms with Crippen LogP contribution in [0, 0.1) is 0 Å². The Kier molecular flexibility index (Phi) is 5.19. The van der Waals surface area contributed by atoms with Crippen LogP contribution >= 0.6 is 0 Å². The summed E-state index contributed by atoms with van der Waals surface area (Å²) in [4.78, 5) is 15.1. The quantitative estimate of drug-likeness (QED) is 0.792. The molecule has 0 aromatic carbocycles. The molecular formula is C13H18N6O2. The van der Waals surface area contributed by atoms with Crippen molar-refractivity contribution in [2.24, 2.45) is 10.2 Å². The number of hydrogen-bond acceptors (Lipinski definition) is 6. The Morgan fingerprint density at radius 2 is 2.24 bits per heavy atom. The highest BCUT2D eigenvalue weighted by Gasteiger charge is 2.11. The van der Waals surface area contributed by atoms with Crippen LogP contribution in [0.4, 0.5) is 11.6 Å². The molecule has 0 amide bonds. The second-order valence-corrected chi connectivity index (χ2v) is 4.33. The summed E-state index contributed by atoms with van der Waals surface area (Å²) in [6.07, 6.45) is 5.04. The number of nitrogens with zero attached hydrogens (tertiary/aromatic N) is 5. The van der Waals surface area contributed by atoms with Crippen LogP contribution in [-0.4, -0.2) is 26.4 Å². The molecule has 8 nitrogen and oxygen atoms in total. The first-order valence-corrected chi connectivity index (χ1v) is 6.90. The van der Waals surface area contributed by atoms with Crippen molar-refractivity contribution in [3.8, 4) is 5.75 Å². The minimum atomic E-state index is -0.224. The van der Waals surface area contributed by atoms with Gasteiger partial charge in [-0.1, -0.05) is 13.3 Å². The highest BCUT2D eigenvalue weighted by molar-refractivity contribution is 5.49. The van der Waals surface area contributed by atoms with E-state index in [0.717, 1.165) is 12.8 Å². The van der Waals surface area contributed by atoms with Crippen LogP contribution in [0.3, 0.4) is 0 Å². The number of pyridine rings is 1. The molecule has 8 heteroatoms. The van der Waals surface area contributed by atoms with E-state index >= 15 is 0 Å². The fraction of sp³-hybridized carbons (Fsp3) is 0.462. The summed E-state index contributed by atoms with van der Waals surface area (Å²) < 4.78 is 7.05. The number of nitrogens with one attached hydrogen (secondary N) is 1. The van der Waals surface area contributed by atoms with E-state index in [2.05, 4.69) is 32.3 Å². The smallest absolute Gasteiger partial charge is 0.282 e. The standard InChI is InChI=1S/C13H18N6O2/c1-3-5-7-19-8-6-10(21-4-2)11(12(19)20)16-18-13-14-9-15-17-13/h6,8-9H,3-5,7H2,1-2H3,(H,14,15,17)/b18-16+. The van der Waals surface area contributed by atoms with E-state index in [1.807, 2.05) is 6.92 Å². The largest absolute Gasteiger partial charge is 0.491 e. The molecule has 2 heterocycles. The molecule has 0 aliphatic rings. The molecule has 2 aromatic heterocycles. The van der Waals surface area contributed by atoms with Gasteiger partial charge in [-0.3, -0.25) is 4.79 Å². The molecule has 0 atom stereocenters. The lowest BCUT2D eigenvalue weighted by Gasteiger charge is -2.09. The predicted octanol–water partition coefficient (Wildman–Crippen LogP) is 2.58. The summed E-state index contributed by atoms with van der Waals surface area (Å²) in [7, 11) is 0. The lowest BCUT2D eigenvalue weighted by atomic mass is 10.3. The number of aromatic amines is 1. The molecule has 0 bridgehead atoms. The summed E-state index contributed by atoms with van der Waals surface area (Å²) in [6, 6.07) is 1.73. The monoisotopic (exact) mass is 290 g/mol. The molecule has 2 aromatic rings. The summed E-state index contributed by atoms with van der Waals surface area (Å²) in [5.74, 6) is 0.652. The second kappa shape index (κ2) is 7.32. The molecule has 0 saturated carbocycles. The summed E-state index contributed by atoms with van der Waals surface area (Å²) in [5, 5.41) is 15.1. The zero-order valence-corrected chi connectivity index (χ0v) is 12.1. The molecule has 0 spiro atoms. The molecular weight excluding hydrogens is 272 g/mol. The van der Waals surface area contributed by atoms with Crippen molar-refractivity contribution in [1.82, 2.24) is 19.7 Å². The average Bonchev–Trinajstić information content (AvgIpc) is 2.99. The van der Waals surface area contributed by atoms with Gasteiger partial charge in [-0.05, 0) is 19.4 Å². The van der Waals surface area contributed by atoms with E-state index < -0.39 is 0 Å². The van der Waals surface area contributed by atoms with Gasteiger partial charge in [0, 0.05) is 12.7 Å². The van der Waals surface area contributed by atoms with Crippen LogP contribution in [0.1, 0.15) is 26.7 Å². The summed E-state index contributed by atoms with van der Waals surface area (Å²) in [6.45, 7) is 5.01. The number of aromatic nitrogens is 4. The minimum absolute atomic E-state index is 0.173. The average molecular weight is 290 g/mol. The fourth-order valence-corrected chi connectivity index (χ4v) is 1.76. The molecule has 112 valence electrons. The molecule has 21 heavy (non-hydrogen) atoms. The number of H-pyrrole nitrogens is 1. The van der Waals surface area contributed by atoms with Gasteiger partial charge < -0.3 is 14.3 Å². The van der Waals surface area contributed by atoms with Crippen LogP contribution in [0.2, 0.25) is 0 Å². The summed E-state index contributed by atoms with van der Waals surface area (Å²) >= 11 is 0. The van der Waals surface area contributed by atoms with Crippen LogP contribution < -0.4 is 10.3 Å². The van der Waals surface area contributed by atoms with Crippen molar-refractivity contribution >= 4 is 11.6 Å². The number of azo groups is 1. The van der Waals surface area contributed by atoms with Gasteiger partial charge in [0.05, 0.1) is 6.61 Å². The maximum atomic E-state index is 12.4. The maximum Gasteiger partial charge on any atom is 0.282 e. The van der Waals surface area contributed by atoms with Gasteiger partial charge in [0.1, 0.15) is 6.33 Å². The van der Waals surface area contributed by atoms with Gasteiger partial charge >= 0.3 is 0 Å². The van der Waals surface area contributed by atoms with Gasteiger partial charge in [0.25, 0.3) is 11.5 Å². The third-order valence-electron chi connectivity index (χ3n) is 2.80.